The Bertz CT molecular complexity index is 339. The fourth-order valence-electron chi connectivity index (χ4n) is 1.31. The Morgan fingerprint density at radius 2 is 2.25 bits per heavy atom. The summed E-state index contributed by atoms with van der Waals surface area (Å²) in [6.07, 6.45) is 2.68. The smallest absolute Gasteiger partial charge is 0.338 e. The van der Waals surface area contributed by atoms with Crippen LogP contribution in [0.25, 0.3) is 0 Å². The van der Waals surface area contributed by atoms with E-state index in [0.29, 0.717) is 18.8 Å². The van der Waals surface area contributed by atoms with Gasteiger partial charge in [0.15, 0.2) is 0 Å². The molecule has 0 saturated heterocycles. The highest BCUT2D eigenvalue weighted by atomic mass is 32.2. The Balaban J connectivity index is 2.60. The summed E-state index contributed by atoms with van der Waals surface area (Å²) >= 11 is 1.35. The molecular formula is C12H16O3S. The Morgan fingerprint density at radius 3 is 2.94 bits per heavy atom. The van der Waals surface area contributed by atoms with Crippen LogP contribution in [0.3, 0.4) is 0 Å². The lowest BCUT2D eigenvalue weighted by molar-refractivity contribution is 0.0526. The normalized spacial score (nSPS) is 10.1. The molecule has 4 heteroatoms. The molecule has 0 N–H and O–H groups in total. The molecule has 3 nitrogen and oxygen atoms in total. The maximum Gasteiger partial charge on any atom is 0.338 e. The second-order valence-electron chi connectivity index (χ2n) is 3.16. The van der Waals surface area contributed by atoms with E-state index in [-0.39, 0.29) is 5.97 Å². The Kier molecular flexibility index (Phi) is 5.96. The summed E-state index contributed by atoms with van der Waals surface area (Å²) < 4.78 is 10.1. The molecule has 0 atom stereocenters. The van der Waals surface area contributed by atoms with Crippen molar-refractivity contribution in [3.8, 4) is 0 Å². The molecule has 0 aromatic heterocycles. The number of hydrogen-bond donors (Lipinski definition) is 0. The first-order valence-corrected chi connectivity index (χ1v) is 6.34. The molecule has 0 amide bonds. The van der Waals surface area contributed by atoms with Gasteiger partial charge in [0.1, 0.15) is 0 Å². The van der Waals surface area contributed by atoms with Crippen molar-refractivity contribution in [2.24, 2.45) is 0 Å². The summed E-state index contributed by atoms with van der Waals surface area (Å²) in [7, 11) is 0. The van der Waals surface area contributed by atoms with Gasteiger partial charge in [-0.3, -0.25) is 0 Å². The third-order valence-corrected chi connectivity index (χ3v) is 2.43. The van der Waals surface area contributed by atoms with Crippen LogP contribution in [0.4, 0.5) is 0 Å². The van der Waals surface area contributed by atoms with Crippen molar-refractivity contribution in [2.45, 2.75) is 13.3 Å². The zero-order valence-corrected chi connectivity index (χ0v) is 10.4. The quantitative estimate of drug-likeness (QED) is 0.435. The fourth-order valence-corrected chi connectivity index (χ4v) is 1.56. The molecule has 0 aliphatic rings. The van der Waals surface area contributed by atoms with E-state index in [1.807, 2.05) is 24.5 Å². The zero-order chi connectivity index (χ0) is 11.8. The maximum absolute atomic E-state index is 11.5. The first-order chi connectivity index (χ1) is 7.77. The van der Waals surface area contributed by atoms with Crippen molar-refractivity contribution in [3.05, 3.63) is 35.4 Å². The minimum atomic E-state index is -0.268. The number of esters is 1. The lowest BCUT2D eigenvalue weighted by Crippen LogP contribution is -2.05. The molecule has 0 bridgehead atoms. The van der Waals surface area contributed by atoms with Gasteiger partial charge < -0.3 is 8.92 Å². The van der Waals surface area contributed by atoms with Gasteiger partial charge in [0, 0.05) is 6.26 Å². The van der Waals surface area contributed by atoms with Crippen molar-refractivity contribution in [2.75, 3.05) is 19.5 Å². The highest BCUT2D eigenvalue weighted by molar-refractivity contribution is 7.93. The van der Waals surface area contributed by atoms with Gasteiger partial charge in [0.05, 0.1) is 18.8 Å². The van der Waals surface area contributed by atoms with Crippen molar-refractivity contribution >= 4 is 18.0 Å². The average molecular weight is 240 g/mol. The molecule has 88 valence electrons. The number of carbonyl (C=O) groups is 1. The lowest BCUT2D eigenvalue weighted by Gasteiger charge is -2.04. The van der Waals surface area contributed by atoms with E-state index in [0.717, 1.165) is 12.0 Å². The molecule has 0 aliphatic heterocycles. The van der Waals surface area contributed by atoms with Crippen LogP contribution in [0.1, 0.15) is 22.8 Å². The van der Waals surface area contributed by atoms with Crippen LogP contribution in [0, 0.1) is 0 Å². The minimum absolute atomic E-state index is 0.268. The summed E-state index contributed by atoms with van der Waals surface area (Å²) in [6, 6.07) is 7.45. The average Bonchev–Trinajstić information content (AvgIpc) is 2.30. The highest BCUT2D eigenvalue weighted by Crippen LogP contribution is 2.08. The van der Waals surface area contributed by atoms with Gasteiger partial charge in [0.2, 0.25) is 0 Å². The van der Waals surface area contributed by atoms with E-state index < -0.39 is 0 Å². The van der Waals surface area contributed by atoms with Crippen LogP contribution < -0.4 is 0 Å². The standard InChI is InChI=1S/C12H16O3S/c1-3-14-12(13)11-6-4-5-10(9-11)7-8-15-16-2/h4-6,9H,3,7-8H2,1-2H3. The highest BCUT2D eigenvalue weighted by Gasteiger charge is 2.06. The van der Waals surface area contributed by atoms with Gasteiger partial charge in [-0.05, 0) is 43.1 Å². The van der Waals surface area contributed by atoms with Gasteiger partial charge in [-0.25, -0.2) is 4.79 Å². The SMILES string of the molecule is CCOC(=O)c1cccc(CCOSC)c1. The van der Waals surface area contributed by atoms with Crippen LogP contribution in [0.2, 0.25) is 0 Å². The third-order valence-electron chi connectivity index (χ3n) is 2.03. The van der Waals surface area contributed by atoms with Crippen LogP contribution >= 0.6 is 12.0 Å². The summed E-state index contributed by atoms with van der Waals surface area (Å²) in [6.45, 7) is 2.85. The summed E-state index contributed by atoms with van der Waals surface area (Å²) in [5, 5.41) is 0. The first kappa shape index (κ1) is 13.1. The van der Waals surface area contributed by atoms with Gasteiger partial charge in [-0.2, -0.15) is 0 Å². The first-order valence-electron chi connectivity index (χ1n) is 5.19. The Hall–Kier alpha value is -1.00. The Labute approximate surface area is 100 Å². The summed E-state index contributed by atoms with van der Waals surface area (Å²) in [5.74, 6) is -0.268. The molecule has 0 unspecified atom stereocenters. The molecule has 0 aliphatic carbocycles. The number of rotatable bonds is 6. The number of hydrogen-bond acceptors (Lipinski definition) is 4. The predicted octanol–water partition coefficient (Wildman–Crippen LogP) is 2.70. The second-order valence-corrected chi connectivity index (χ2v) is 3.73. The van der Waals surface area contributed by atoms with Gasteiger partial charge in [-0.1, -0.05) is 12.1 Å². The van der Waals surface area contributed by atoms with E-state index in [1.165, 1.54) is 12.0 Å². The molecule has 16 heavy (non-hydrogen) atoms. The lowest BCUT2D eigenvalue weighted by atomic mass is 10.1. The summed E-state index contributed by atoms with van der Waals surface area (Å²) in [4.78, 5) is 11.5. The molecule has 1 aromatic rings. The van der Waals surface area contributed by atoms with Crippen LogP contribution in [-0.2, 0) is 15.3 Å². The van der Waals surface area contributed by atoms with E-state index >= 15 is 0 Å². The van der Waals surface area contributed by atoms with Crippen molar-refractivity contribution < 1.29 is 13.7 Å². The van der Waals surface area contributed by atoms with Crippen molar-refractivity contribution in [1.82, 2.24) is 0 Å². The topological polar surface area (TPSA) is 35.5 Å². The van der Waals surface area contributed by atoms with E-state index in [9.17, 15) is 4.79 Å². The fraction of sp³-hybridized carbons (Fsp3) is 0.417. The van der Waals surface area contributed by atoms with Crippen LogP contribution in [-0.4, -0.2) is 25.4 Å². The monoisotopic (exact) mass is 240 g/mol. The zero-order valence-electron chi connectivity index (χ0n) is 9.56. The van der Waals surface area contributed by atoms with E-state index in [4.69, 9.17) is 8.92 Å². The van der Waals surface area contributed by atoms with Crippen LogP contribution in [0.15, 0.2) is 24.3 Å². The molecule has 0 heterocycles. The number of benzene rings is 1. The van der Waals surface area contributed by atoms with Crippen LogP contribution in [0.5, 0.6) is 0 Å². The van der Waals surface area contributed by atoms with Gasteiger partial charge in [0.25, 0.3) is 0 Å². The minimum Gasteiger partial charge on any atom is -0.462 e. The molecule has 0 spiro atoms. The van der Waals surface area contributed by atoms with Gasteiger partial charge >= 0.3 is 5.97 Å². The van der Waals surface area contributed by atoms with Crippen molar-refractivity contribution in [3.63, 3.8) is 0 Å². The predicted molar refractivity (Wildman–Crippen MR) is 65.6 cm³/mol. The molecule has 1 rings (SSSR count). The number of ether oxygens (including phenoxy) is 1. The molecule has 0 radical (unpaired) electrons. The van der Waals surface area contributed by atoms with Gasteiger partial charge in [-0.15, -0.1) is 0 Å². The molecular weight excluding hydrogens is 224 g/mol. The number of carbonyl (C=O) groups excluding carboxylic acids is 1. The van der Waals surface area contributed by atoms with Crippen molar-refractivity contribution in [1.29, 1.82) is 0 Å². The van der Waals surface area contributed by atoms with E-state index in [2.05, 4.69) is 0 Å². The van der Waals surface area contributed by atoms with E-state index in [1.54, 1.807) is 13.0 Å². The maximum atomic E-state index is 11.5. The summed E-state index contributed by atoms with van der Waals surface area (Å²) in [5.41, 5.74) is 1.68. The Morgan fingerprint density at radius 1 is 1.44 bits per heavy atom. The largest absolute Gasteiger partial charge is 0.462 e. The third kappa shape index (κ3) is 4.24. The molecule has 0 fully saturated rings. The molecule has 1 aromatic carbocycles. The molecule has 0 saturated carbocycles. The second kappa shape index (κ2) is 7.30.